The van der Waals surface area contributed by atoms with Crippen molar-refractivity contribution in [3.63, 3.8) is 0 Å². The Labute approximate surface area is 105 Å². The zero-order valence-corrected chi connectivity index (χ0v) is 9.71. The van der Waals surface area contributed by atoms with Gasteiger partial charge in [0.2, 0.25) is 0 Å². The largest absolute Gasteiger partial charge is 0.480 e. The van der Waals surface area contributed by atoms with Crippen molar-refractivity contribution < 1.29 is 9.90 Å². The van der Waals surface area contributed by atoms with E-state index in [0.717, 1.165) is 16.7 Å². The van der Waals surface area contributed by atoms with Gasteiger partial charge in [-0.05, 0) is 16.7 Å². The molecule has 2 aromatic rings. The van der Waals surface area contributed by atoms with Gasteiger partial charge in [-0.1, -0.05) is 66.7 Å². The van der Waals surface area contributed by atoms with Crippen molar-refractivity contribution >= 4 is 11.5 Å². The Bertz CT molecular complexity index is 614. The third kappa shape index (κ3) is 1.46. The lowest BCUT2D eigenvalue weighted by molar-refractivity contribution is -0.138. The second-order valence-corrected chi connectivity index (χ2v) is 4.40. The number of carbonyl (C=O) groups is 1. The van der Waals surface area contributed by atoms with Gasteiger partial charge in [-0.2, -0.15) is 0 Å². The molecule has 0 saturated carbocycles. The van der Waals surface area contributed by atoms with Gasteiger partial charge < -0.3 is 5.11 Å². The quantitative estimate of drug-likeness (QED) is 0.889. The first-order valence-corrected chi connectivity index (χ1v) is 5.83. The summed E-state index contributed by atoms with van der Waals surface area (Å²) in [4.78, 5) is 11.6. The molecule has 0 aromatic heterocycles. The van der Waals surface area contributed by atoms with E-state index < -0.39 is 11.4 Å². The predicted molar refractivity (Wildman–Crippen MR) is 70.2 cm³/mol. The molecule has 0 fully saturated rings. The highest BCUT2D eigenvalue weighted by molar-refractivity contribution is 6.11. The van der Waals surface area contributed by atoms with Crippen molar-refractivity contribution in [1.29, 1.82) is 0 Å². The van der Waals surface area contributed by atoms with E-state index >= 15 is 0 Å². The van der Waals surface area contributed by atoms with E-state index in [9.17, 15) is 9.90 Å². The number of hydrogen-bond donors (Lipinski definition) is 1. The molecular formula is C16H12O2. The Morgan fingerprint density at radius 3 is 2.00 bits per heavy atom. The summed E-state index contributed by atoms with van der Waals surface area (Å²) in [7, 11) is 0. The van der Waals surface area contributed by atoms with E-state index in [1.54, 1.807) is 0 Å². The minimum atomic E-state index is -0.928. The minimum Gasteiger partial charge on any atom is -0.480 e. The molecular weight excluding hydrogens is 224 g/mol. The molecule has 3 rings (SSSR count). The molecule has 2 nitrogen and oxygen atoms in total. The maximum atomic E-state index is 11.6. The SMILES string of the molecule is O=C(O)C1(c2ccccc2)C=C1c1ccccc1. The highest BCUT2D eigenvalue weighted by Gasteiger charge is 2.53. The lowest BCUT2D eigenvalue weighted by atomic mass is 9.88. The number of hydrogen-bond acceptors (Lipinski definition) is 1. The van der Waals surface area contributed by atoms with Crippen LogP contribution in [-0.2, 0) is 10.2 Å². The van der Waals surface area contributed by atoms with Crippen LogP contribution in [0, 0.1) is 0 Å². The van der Waals surface area contributed by atoms with Crippen LogP contribution in [0.25, 0.3) is 5.57 Å². The van der Waals surface area contributed by atoms with Crippen molar-refractivity contribution in [2.45, 2.75) is 5.41 Å². The molecule has 0 amide bonds. The van der Waals surface area contributed by atoms with Crippen LogP contribution in [0.5, 0.6) is 0 Å². The second kappa shape index (κ2) is 3.84. The monoisotopic (exact) mass is 236 g/mol. The summed E-state index contributed by atoms with van der Waals surface area (Å²) in [6.07, 6.45) is 1.82. The van der Waals surface area contributed by atoms with E-state index in [0.29, 0.717) is 0 Å². The van der Waals surface area contributed by atoms with Gasteiger partial charge >= 0.3 is 5.97 Å². The number of aliphatic carboxylic acids is 1. The highest BCUT2D eigenvalue weighted by Crippen LogP contribution is 2.52. The van der Waals surface area contributed by atoms with Crippen molar-refractivity contribution in [3.05, 3.63) is 77.9 Å². The normalized spacial score (nSPS) is 21.2. The Balaban J connectivity index is 2.03. The molecule has 0 heterocycles. The van der Waals surface area contributed by atoms with E-state index in [1.165, 1.54) is 0 Å². The minimum absolute atomic E-state index is 0.812. The average Bonchev–Trinajstić information content (AvgIpc) is 3.18. The van der Waals surface area contributed by atoms with Gasteiger partial charge in [0.15, 0.2) is 0 Å². The smallest absolute Gasteiger partial charge is 0.322 e. The molecule has 0 aliphatic heterocycles. The van der Waals surface area contributed by atoms with Crippen molar-refractivity contribution in [2.24, 2.45) is 0 Å². The Morgan fingerprint density at radius 2 is 1.44 bits per heavy atom. The summed E-state index contributed by atoms with van der Waals surface area (Å²) >= 11 is 0. The van der Waals surface area contributed by atoms with Crippen LogP contribution in [0.4, 0.5) is 0 Å². The molecule has 1 N–H and O–H groups in total. The molecule has 1 aliphatic rings. The van der Waals surface area contributed by atoms with Gasteiger partial charge in [0, 0.05) is 0 Å². The molecule has 0 saturated heterocycles. The third-order valence-corrected chi connectivity index (χ3v) is 3.35. The van der Waals surface area contributed by atoms with E-state index in [4.69, 9.17) is 0 Å². The molecule has 2 aromatic carbocycles. The molecule has 0 radical (unpaired) electrons. The molecule has 1 atom stereocenters. The molecule has 88 valence electrons. The first-order chi connectivity index (χ1) is 8.75. The van der Waals surface area contributed by atoms with Crippen LogP contribution in [0.1, 0.15) is 11.1 Å². The topological polar surface area (TPSA) is 37.3 Å². The van der Waals surface area contributed by atoms with Gasteiger partial charge in [0.1, 0.15) is 5.41 Å². The number of rotatable bonds is 3. The van der Waals surface area contributed by atoms with Crippen molar-refractivity contribution in [1.82, 2.24) is 0 Å². The van der Waals surface area contributed by atoms with Crippen LogP contribution in [0.15, 0.2) is 66.7 Å². The summed E-state index contributed by atoms with van der Waals surface area (Å²) < 4.78 is 0. The lowest BCUT2D eigenvalue weighted by Gasteiger charge is -2.14. The van der Waals surface area contributed by atoms with Gasteiger partial charge in [0.05, 0.1) is 0 Å². The van der Waals surface area contributed by atoms with E-state index in [2.05, 4.69) is 0 Å². The zero-order chi connectivity index (χ0) is 12.6. The molecule has 1 unspecified atom stereocenters. The Morgan fingerprint density at radius 1 is 0.889 bits per heavy atom. The molecule has 0 spiro atoms. The number of benzene rings is 2. The third-order valence-electron chi connectivity index (χ3n) is 3.35. The standard InChI is InChI=1S/C16H12O2/c17-15(18)16(13-9-5-2-6-10-13)11-14(16)12-7-3-1-4-8-12/h1-11H,(H,17,18). The fourth-order valence-electron chi connectivity index (χ4n) is 2.35. The van der Waals surface area contributed by atoms with Crippen LogP contribution < -0.4 is 0 Å². The van der Waals surface area contributed by atoms with Crippen LogP contribution in [0.3, 0.4) is 0 Å². The van der Waals surface area contributed by atoms with Crippen LogP contribution >= 0.6 is 0 Å². The Kier molecular flexibility index (Phi) is 2.30. The number of carboxylic acid groups (broad SMARTS) is 1. The summed E-state index contributed by atoms with van der Waals surface area (Å²) in [5.41, 5.74) is 1.74. The predicted octanol–water partition coefficient (Wildman–Crippen LogP) is 3.11. The fourth-order valence-corrected chi connectivity index (χ4v) is 2.35. The second-order valence-electron chi connectivity index (χ2n) is 4.40. The zero-order valence-electron chi connectivity index (χ0n) is 9.71. The summed E-state index contributed by atoms with van der Waals surface area (Å²) in [6.45, 7) is 0. The average molecular weight is 236 g/mol. The van der Waals surface area contributed by atoms with Gasteiger partial charge in [-0.3, -0.25) is 4.79 Å². The summed E-state index contributed by atoms with van der Waals surface area (Å²) in [5, 5.41) is 9.54. The van der Waals surface area contributed by atoms with E-state index in [1.807, 2.05) is 66.7 Å². The van der Waals surface area contributed by atoms with Gasteiger partial charge in [0.25, 0.3) is 0 Å². The van der Waals surface area contributed by atoms with Gasteiger partial charge in [-0.15, -0.1) is 0 Å². The fraction of sp³-hybridized carbons (Fsp3) is 0.0625. The van der Waals surface area contributed by atoms with Crippen LogP contribution in [-0.4, -0.2) is 11.1 Å². The number of carboxylic acids is 1. The maximum absolute atomic E-state index is 11.6. The maximum Gasteiger partial charge on any atom is 0.322 e. The highest BCUT2D eigenvalue weighted by atomic mass is 16.4. The lowest BCUT2D eigenvalue weighted by Crippen LogP contribution is -2.23. The summed E-state index contributed by atoms with van der Waals surface area (Å²) in [6, 6.07) is 19.0. The Hall–Kier alpha value is -2.35. The summed E-state index contributed by atoms with van der Waals surface area (Å²) in [5.74, 6) is -0.812. The molecule has 1 aliphatic carbocycles. The van der Waals surface area contributed by atoms with Crippen molar-refractivity contribution in [2.75, 3.05) is 0 Å². The first kappa shape index (κ1) is 10.8. The molecule has 2 heteroatoms. The van der Waals surface area contributed by atoms with Crippen molar-refractivity contribution in [3.8, 4) is 0 Å². The van der Waals surface area contributed by atoms with Gasteiger partial charge in [-0.25, -0.2) is 0 Å². The van der Waals surface area contributed by atoms with E-state index in [-0.39, 0.29) is 0 Å². The molecule has 0 bridgehead atoms. The molecule has 18 heavy (non-hydrogen) atoms. The van der Waals surface area contributed by atoms with Crippen LogP contribution in [0.2, 0.25) is 0 Å². The first-order valence-electron chi connectivity index (χ1n) is 5.83.